The van der Waals surface area contributed by atoms with Gasteiger partial charge in [0.05, 0.1) is 27.0 Å². The summed E-state index contributed by atoms with van der Waals surface area (Å²) in [6.07, 6.45) is 7.22. The van der Waals surface area contributed by atoms with Gasteiger partial charge in [-0.25, -0.2) is 0 Å². The van der Waals surface area contributed by atoms with Crippen molar-refractivity contribution in [2.45, 2.75) is 38.0 Å². The molecule has 2 aliphatic carbocycles. The Labute approximate surface area is 224 Å². The third-order valence-electron chi connectivity index (χ3n) is 8.01. The highest BCUT2D eigenvalue weighted by Gasteiger charge is 2.34. The summed E-state index contributed by atoms with van der Waals surface area (Å²) < 4.78 is 17.2. The highest BCUT2D eigenvalue weighted by atomic mass is 16.5. The van der Waals surface area contributed by atoms with Crippen molar-refractivity contribution in [1.29, 1.82) is 0 Å². The number of nitrogens with zero attached hydrogens (tertiary/aromatic N) is 1. The van der Waals surface area contributed by atoms with Gasteiger partial charge in [0.15, 0.2) is 0 Å². The van der Waals surface area contributed by atoms with Crippen LogP contribution in [0, 0.1) is 0 Å². The maximum atomic E-state index is 5.86. The molecule has 192 valence electrons. The lowest BCUT2D eigenvalue weighted by atomic mass is 9.91. The van der Waals surface area contributed by atoms with Crippen LogP contribution in [0.1, 0.15) is 52.4 Å². The number of ether oxygens (including phenoxy) is 3. The second-order valence-electron chi connectivity index (χ2n) is 10.0. The molecule has 0 N–H and O–H groups in total. The highest BCUT2D eigenvalue weighted by Crippen LogP contribution is 2.49. The van der Waals surface area contributed by atoms with Gasteiger partial charge in [-0.05, 0) is 84.2 Å². The molecule has 0 bridgehead atoms. The van der Waals surface area contributed by atoms with E-state index in [-0.39, 0.29) is 0 Å². The molecule has 1 atom stereocenters. The first kappa shape index (κ1) is 24.3. The topological polar surface area (TPSA) is 40.6 Å². The second-order valence-corrected chi connectivity index (χ2v) is 10.0. The minimum atomic E-state index is 0.341. The molecule has 6 rings (SSSR count). The molecule has 38 heavy (non-hydrogen) atoms. The molecule has 2 aliphatic rings. The van der Waals surface area contributed by atoms with E-state index < -0.39 is 0 Å². The zero-order valence-electron chi connectivity index (χ0n) is 22.3. The van der Waals surface area contributed by atoms with Gasteiger partial charge in [0.2, 0.25) is 0 Å². The van der Waals surface area contributed by atoms with E-state index in [2.05, 4.69) is 54.6 Å². The summed E-state index contributed by atoms with van der Waals surface area (Å²) in [5.41, 5.74) is 11.2. The third kappa shape index (κ3) is 4.24. The normalized spacial score (nSPS) is 16.8. The summed E-state index contributed by atoms with van der Waals surface area (Å²) in [7, 11) is 5.24. The van der Waals surface area contributed by atoms with E-state index in [1.54, 1.807) is 21.3 Å². The van der Waals surface area contributed by atoms with E-state index in [4.69, 9.17) is 19.2 Å². The molecule has 0 saturated heterocycles. The molecule has 3 aromatic carbocycles. The lowest BCUT2D eigenvalue weighted by Gasteiger charge is -2.19. The minimum absolute atomic E-state index is 0.341. The predicted octanol–water partition coefficient (Wildman–Crippen LogP) is 7.53. The van der Waals surface area contributed by atoms with Crippen molar-refractivity contribution < 1.29 is 14.2 Å². The highest BCUT2D eigenvalue weighted by molar-refractivity contribution is 5.90. The maximum absolute atomic E-state index is 5.86. The zero-order valence-corrected chi connectivity index (χ0v) is 22.3. The molecular formula is C34H33NO3. The molecule has 1 heterocycles. The van der Waals surface area contributed by atoms with Crippen LogP contribution in [0.5, 0.6) is 17.2 Å². The van der Waals surface area contributed by atoms with Crippen molar-refractivity contribution in [3.8, 4) is 28.4 Å². The number of benzene rings is 3. The molecule has 0 radical (unpaired) electrons. The number of pyridine rings is 1. The van der Waals surface area contributed by atoms with Crippen LogP contribution in [0.25, 0.3) is 22.8 Å². The monoisotopic (exact) mass is 503 g/mol. The Morgan fingerprint density at radius 2 is 1.42 bits per heavy atom. The summed E-state index contributed by atoms with van der Waals surface area (Å²) >= 11 is 0. The smallest absolute Gasteiger partial charge is 0.126 e. The minimum Gasteiger partial charge on any atom is -0.496 e. The first-order chi connectivity index (χ1) is 18.7. The molecule has 0 spiro atoms. The number of fused-ring (bicyclic) bond motifs is 2. The summed E-state index contributed by atoms with van der Waals surface area (Å²) in [4.78, 5) is 5.45. The standard InChI is InChI=1S/C34H33NO3/c1-36-29-13-7-4-10-22(29)20-24-16-18-27-32(26-12-6-9-15-31(26)38-3)28-19-17-25(34(28)35-33(24)27)21-23-11-5-8-14-30(23)37-2/h4-15,20,25H,16-19,21H2,1-3H3/b24-20+. The van der Waals surface area contributed by atoms with Crippen molar-refractivity contribution in [2.24, 2.45) is 0 Å². The largest absolute Gasteiger partial charge is 0.496 e. The van der Waals surface area contributed by atoms with Gasteiger partial charge >= 0.3 is 0 Å². The number of allylic oxidation sites excluding steroid dienone is 1. The number of methoxy groups -OCH3 is 3. The van der Waals surface area contributed by atoms with Crippen molar-refractivity contribution >= 4 is 11.6 Å². The molecule has 4 heteroatoms. The average molecular weight is 504 g/mol. The summed E-state index contributed by atoms with van der Waals surface area (Å²) in [6.45, 7) is 0. The van der Waals surface area contributed by atoms with Gasteiger partial charge in [-0.3, -0.25) is 4.98 Å². The molecule has 1 unspecified atom stereocenters. The number of hydrogen-bond donors (Lipinski definition) is 0. The fourth-order valence-corrected chi connectivity index (χ4v) is 6.24. The van der Waals surface area contributed by atoms with Crippen LogP contribution >= 0.6 is 0 Å². The Hall–Kier alpha value is -4.05. The lowest BCUT2D eigenvalue weighted by Crippen LogP contribution is -2.06. The SMILES string of the molecule is COc1ccccc1/C=C1\CCc2c1nc1c(c2-c2ccccc2OC)CCC1Cc1ccccc1OC. The van der Waals surface area contributed by atoms with Crippen LogP contribution in [-0.4, -0.2) is 26.3 Å². The number of hydrogen-bond acceptors (Lipinski definition) is 4. The van der Waals surface area contributed by atoms with Gasteiger partial charge in [-0.1, -0.05) is 54.6 Å². The average Bonchev–Trinajstić information content (AvgIpc) is 3.56. The Morgan fingerprint density at radius 3 is 2.21 bits per heavy atom. The molecular weight excluding hydrogens is 470 g/mol. The Morgan fingerprint density at radius 1 is 0.737 bits per heavy atom. The number of aromatic nitrogens is 1. The van der Waals surface area contributed by atoms with Gasteiger partial charge in [0.1, 0.15) is 17.2 Å². The van der Waals surface area contributed by atoms with Gasteiger partial charge in [-0.15, -0.1) is 0 Å². The van der Waals surface area contributed by atoms with Crippen molar-refractivity contribution in [3.63, 3.8) is 0 Å². The second kappa shape index (κ2) is 10.4. The van der Waals surface area contributed by atoms with Crippen LogP contribution in [0.4, 0.5) is 0 Å². The van der Waals surface area contributed by atoms with E-state index in [0.717, 1.165) is 60.6 Å². The van der Waals surface area contributed by atoms with Crippen LogP contribution in [0.3, 0.4) is 0 Å². The van der Waals surface area contributed by atoms with E-state index in [1.165, 1.54) is 39.1 Å². The molecule has 1 aromatic heterocycles. The van der Waals surface area contributed by atoms with E-state index in [9.17, 15) is 0 Å². The van der Waals surface area contributed by atoms with Crippen LogP contribution in [-0.2, 0) is 19.3 Å². The van der Waals surface area contributed by atoms with Crippen molar-refractivity contribution in [3.05, 3.63) is 106 Å². The third-order valence-corrected chi connectivity index (χ3v) is 8.01. The fraction of sp³-hybridized carbons (Fsp3) is 0.265. The molecule has 0 amide bonds. The summed E-state index contributed by atoms with van der Waals surface area (Å²) in [5, 5.41) is 0. The number of rotatable bonds is 7. The lowest BCUT2D eigenvalue weighted by molar-refractivity contribution is 0.407. The Kier molecular flexibility index (Phi) is 6.63. The first-order valence-electron chi connectivity index (χ1n) is 13.4. The van der Waals surface area contributed by atoms with Gasteiger partial charge in [-0.2, -0.15) is 0 Å². The first-order valence-corrected chi connectivity index (χ1v) is 13.4. The van der Waals surface area contributed by atoms with Crippen molar-refractivity contribution in [2.75, 3.05) is 21.3 Å². The van der Waals surface area contributed by atoms with Gasteiger partial charge < -0.3 is 14.2 Å². The molecule has 0 fully saturated rings. The predicted molar refractivity (Wildman–Crippen MR) is 153 cm³/mol. The maximum Gasteiger partial charge on any atom is 0.126 e. The summed E-state index contributed by atoms with van der Waals surface area (Å²) in [5.74, 6) is 3.09. The van der Waals surface area contributed by atoms with E-state index >= 15 is 0 Å². The van der Waals surface area contributed by atoms with E-state index in [0.29, 0.717) is 5.92 Å². The summed E-state index contributed by atoms with van der Waals surface area (Å²) in [6, 6.07) is 25.0. The van der Waals surface area contributed by atoms with Crippen LogP contribution < -0.4 is 14.2 Å². The van der Waals surface area contributed by atoms with Gasteiger partial charge in [0, 0.05) is 22.7 Å². The number of para-hydroxylation sites is 3. The Bertz CT molecular complexity index is 1520. The van der Waals surface area contributed by atoms with Crippen LogP contribution in [0.2, 0.25) is 0 Å². The quantitative estimate of drug-likeness (QED) is 0.261. The zero-order chi connectivity index (χ0) is 26.1. The molecule has 4 aromatic rings. The Balaban J connectivity index is 1.53. The fourth-order valence-electron chi connectivity index (χ4n) is 6.24. The van der Waals surface area contributed by atoms with Gasteiger partial charge in [0.25, 0.3) is 0 Å². The molecule has 0 aliphatic heterocycles. The molecule has 4 nitrogen and oxygen atoms in total. The van der Waals surface area contributed by atoms with Crippen LogP contribution in [0.15, 0.2) is 72.8 Å². The van der Waals surface area contributed by atoms with Crippen molar-refractivity contribution in [1.82, 2.24) is 4.98 Å². The molecule has 0 saturated carbocycles. The van der Waals surface area contributed by atoms with E-state index in [1.807, 2.05) is 24.3 Å².